The van der Waals surface area contributed by atoms with Gasteiger partial charge in [0.15, 0.2) is 9.84 Å². The van der Waals surface area contributed by atoms with Crippen LogP contribution in [-0.2, 0) is 25.2 Å². The van der Waals surface area contributed by atoms with Crippen LogP contribution in [0.15, 0.2) is 24.3 Å². The van der Waals surface area contributed by atoms with Crippen LogP contribution in [-0.4, -0.2) is 31.7 Å². The van der Waals surface area contributed by atoms with Crippen molar-refractivity contribution in [3.05, 3.63) is 29.8 Å². The van der Waals surface area contributed by atoms with E-state index in [-0.39, 0.29) is 17.6 Å². The van der Waals surface area contributed by atoms with Gasteiger partial charge in [-0.2, -0.15) is 0 Å². The van der Waals surface area contributed by atoms with Gasteiger partial charge in [0.1, 0.15) is 0 Å². The predicted octanol–water partition coefficient (Wildman–Crippen LogP) is 2.06. The van der Waals surface area contributed by atoms with Crippen LogP contribution in [0.5, 0.6) is 0 Å². The Balaban J connectivity index is 2.02. The Bertz CT molecular complexity index is 698. The van der Waals surface area contributed by atoms with E-state index in [0.29, 0.717) is 30.5 Å². The van der Waals surface area contributed by atoms with Crippen LogP contribution in [0, 0.1) is 11.8 Å². The summed E-state index contributed by atoms with van der Waals surface area (Å²) in [4.78, 5) is 23.4. The number of hydrogen-bond acceptors (Lipinski definition) is 4. The number of carbonyl (C=O) groups is 2. The third-order valence-electron chi connectivity index (χ3n) is 4.02. The maximum absolute atomic E-state index is 12.3. The van der Waals surface area contributed by atoms with Crippen molar-refractivity contribution in [2.75, 3.05) is 11.6 Å². The van der Waals surface area contributed by atoms with Crippen molar-refractivity contribution in [2.24, 2.45) is 11.8 Å². The van der Waals surface area contributed by atoms with Crippen molar-refractivity contribution in [3.8, 4) is 0 Å². The number of carboxylic acids is 1. The first-order valence-corrected chi connectivity index (χ1v) is 9.61. The molecule has 2 rings (SSSR count). The van der Waals surface area contributed by atoms with Gasteiger partial charge < -0.3 is 10.4 Å². The number of nitrogens with one attached hydrogen (secondary N) is 1. The Morgan fingerprint density at radius 3 is 2.61 bits per heavy atom. The molecule has 1 aromatic carbocycles. The lowest BCUT2D eigenvalue weighted by molar-refractivity contribution is -0.143. The van der Waals surface area contributed by atoms with Crippen LogP contribution in [0.4, 0.5) is 5.69 Å². The normalized spacial score (nSPS) is 21.6. The van der Waals surface area contributed by atoms with E-state index in [4.69, 9.17) is 5.11 Å². The molecule has 7 heteroatoms. The number of carbonyl (C=O) groups excluding carboxylic acids is 1. The molecular weight excluding hydrogens is 318 g/mol. The largest absolute Gasteiger partial charge is 0.481 e. The smallest absolute Gasteiger partial charge is 0.306 e. The molecule has 2 atom stereocenters. The molecular formula is C16H21NO5S. The number of amides is 1. The van der Waals surface area contributed by atoms with Crippen molar-refractivity contribution >= 4 is 27.4 Å². The Hall–Kier alpha value is -1.89. The highest BCUT2D eigenvalue weighted by Crippen LogP contribution is 2.30. The van der Waals surface area contributed by atoms with E-state index in [0.717, 1.165) is 12.7 Å². The van der Waals surface area contributed by atoms with E-state index in [1.807, 2.05) is 0 Å². The molecule has 23 heavy (non-hydrogen) atoms. The molecule has 6 nitrogen and oxygen atoms in total. The fraction of sp³-hybridized carbons (Fsp3) is 0.500. The second kappa shape index (κ2) is 7.12. The van der Waals surface area contributed by atoms with Gasteiger partial charge in [-0.1, -0.05) is 18.6 Å². The quantitative estimate of drug-likeness (QED) is 0.855. The molecule has 0 spiro atoms. The van der Waals surface area contributed by atoms with Gasteiger partial charge in [-0.05, 0) is 37.0 Å². The molecule has 0 radical (unpaired) electrons. The topological polar surface area (TPSA) is 101 Å². The standard InChI is InChI=1S/C16H21NO5S/c1-23(21,22)10-11-4-2-7-14(8-11)17-15(18)12-5-3-6-13(9-12)16(19)20/h2,4,7-8,12-13H,3,5-6,9-10H2,1H3,(H,17,18)(H,19,20). The third kappa shape index (κ3) is 5.35. The maximum atomic E-state index is 12.3. The lowest BCUT2D eigenvalue weighted by atomic mass is 9.81. The highest BCUT2D eigenvalue weighted by atomic mass is 32.2. The lowest BCUT2D eigenvalue weighted by Crippen LogP contribution is -2.30. The summed E-state index contributed by atoms with van der Waals surface area (Å²) in [6.07, 6.45) is 3.53. The van der Waals surface area contributed by atoms with Crippen molar-refractivity contribution < 1.29 is 23.1 Å². The fourth-order valence-corrected chi connectivity index (χ4v) is 3.72. The van der Waals surface area contributed by atoms with Gasteiger partial charge in [-0.15, -0.1) is 0 Å². The van der Waals surface area contributed by atoms with E-state index in [1.165, 1.54) is 0 Å². The van der Waals surface area contributed by atoms with Crippen LogP contribution in [0.3, 0.4) is 0 Å². The van der Waals surface area contributed by atoms with E-state index in [2.05, 4.69) is 5.32 Å². The van der Waals surface area contributed by atoms with Gasteiger partial charge in [0, 0.05) is 17.9 Å². The third-order valence-corrected chi connectivity index (χ3v) is 4.88. The van der Waals surface area contributed by atoms with Crippen molar-refractivity contribution in [1.29, 1.82) is 0 Å². The zero-order valence-corrected chi connectivity index (χ0v) is 13.8. The average molecular weight is 339 g/mol. The summed E-state index contributed by atoms with van der Waals surface area (Å²) < 4.78 is 22.7. The predicted molar refractivity (Wildman–Crippen MR) is 86.7 cm³/mol. The first kappa shape index (κ1) is 17.5. The molecule has 1 aliphatic carbocycles. The minimum atomic E-state index is -3.14. The minimum Gasteiger partial charge on any atom is -0.481 e. The molecule has 0 aromatic heterocycles. The molecule has 0 saturated heterocycles. The summed E-state index contributed by atoms with van der Waals surface area (Å²) in [7, 11) is -3.14. The van der Waals surface area contributed by atoms with Gasteiger partial charge >= 0.3 is 5.97 Å². The molecule has 126 valence electrons. The molecule has 1 aromatic rings. The molecule has 1 fully saturated rings. The zero-order chi connectivity index (χ0) is 17.0. The highest BCUT2D eigenvalue weighted by molar-refractivity contribution is 7.89. The van der Waals surface area contributed by atoms with Crippen molar-refractivity contribution in [2.45, 2.75) is 31.4 Å². The fourth-order valence-electron chi connectivity index (χ4n) is 2.94. The Morgan fingerprint density at radius 2 is 1.96 bits per heavy atom. The Labute approximate surface area is 135 Å². The van der Waals surface area contributed by atoms with Gasteiger partial charge in [0.25, 0.3) is 0 Å². The number of hydrogen-bond donors (Lipinski definition) is 2. The summed E-state index contributed by atoms with van der Waals surface area (Å²) in [6.45, 7) is 0. The van der Waals surface area contributed by atoms with E-state index in [1.54, 1.807) is 24.3 Å². The van der Waals surface area contributed by atoms with Crippen LogP contribution >= 0.6 is 0 Å². The van der Waals surface area contributed by atoms with Crippen LogP contribution in [0.25, 0.3) is 0 Å². The van der Waals surface area contributed by atoms with Crippen LogP contribution < -0.4 is 5.32 Å². The Kier molecular flexibility index (Phi) is 5.41. The van der Waals surface area contributed by atoms with Gasteiger partial charge in [0.2, 0.25) is 5.91 Å². The summed E-state index contributed by atoms with van der Waals surface area (Å²) in [5.74, 6) is -1.91. The molecule has 0 bridgehead atoms. The molecule has 2 unspecified atom stereocenters. The SMILES string of the molecule is CS(=O)(=O)Cc1cccc(NC(=O)C2CCCC(C(=O)O)C2)c1. The van der Waals surface area contributed by atoms with Gasteiger partial charge in [-0.25, -0.2) is 8.42 Å². The number of benzene rings is 1. The summed E-state index contributed by atoms with van der Waals surface area (Å²) in [6, 6.07) is 6.71. The number of rotatable bonds is 5. The zero-order valence-electron chi connectivity index (χ0n) is 13.0. The molecule has 1 saturated carbocycles. The van der Waals surface area contributed by atoms with Crippen molar-refractivity contribution in [1.82, 2.24) is 0 Å². The molecule has 0 aliphatic heterocycles. The summed E-state index contributed by atoms with van der Waals surface area (Å²) in [5.41, 5.74) is 1.14. The molecule has 2 N–H and O–H groups in total. The monoisotopic (exact) mass is 339 g/mol. The number of sulfone groups is 1. The van der Waals surface area contributed by atoms with Gasteiger partial charge in [-0.3, -0.25) is 9.59 Å². The van der Waals surface area contributed by atoms with Crippen molar-refractivity contribution in [3.63, 3.8) is 0 Å². The second-order valence-corrected chi connectivity index (χ2v) is 8.30. The molecule has 0 heterocycles. The Morgan fingerprint density at radius 1 is 1.26 bits per heavy atom. The van der Waals surface area contributed by atoms with E-state index in [9.17, 15) is 18.0 Å². The first-order chi connectivity index (χ1) is 10.7. The average Bonchev–Trinajstić information content (AvgIpc) is 2.46. The lowest BCUT2D eigenvalue weighted by Gasteiger charge is -2.25. The summed E-state index contributed by atoms with van der Waals surface area (Å²) in [5, 5.41) is 11.9. The number of aliphatic carboxylic acids is 1. The number of anilines is 1. The van der Waals surface area contributed by atoms with Crippen LogP contribution in [0.1, 0.15) is 31.2 Å². The van der Waals surface area contributed by atoms with E-state index < -0.39 is 21.7 Å². The van der Waals surface area contributed by atoms with E-state index >= 15 is 0 Å². The highest BCUT2D eigenvalue weighted by Gasteiger charge is 2.31. The minimum absolute atomic E-state index is 0.0821. The summed E-state index contributed by atoms with van der Waals surface area (Å²) >= 11 is 0. The molecule has 1 amide bonds. The maximum Gasteiger partial charge on any atom is 0.306 e. The first-order valence-electron chi connectivity index (χ1n) is 7.55. The number of carboxylic acid groups (broad SMARTS) is 1. The van der Waals surface area contributed by atoms with Crippen LogP contribution in [0.2, 0.25) is 0 Å². The second-order valence-electron chi connectivity index (χ2n) is 6.16. The molecule has 1 aliphatic rings. The van der Waals surface area contributed by atoms with Gasteiger partial charge in [0.05, 0.1) is 11.7 Å².